The van der Waals surface area contributed by atoms with E-state index in [1.165, 1.54) is 17.1 Å². The third-order valence-corrected chi connectivity index (χ3v) is 18.5. The lowest BCUT2D eigenvalue weighted by molar-refractivity contribution is -0.144. The third-order valence-electron chi connectivity index (χ3n) is 18.5. The summed E-state index contributed by atoms with van der Waals surface area (Å²) in [5.74, 6) is -4.44. The Labute approximate surface area is 533 Å². The molecule has 5 heterocycles. The van der Waals surface area contributed by atoms with Gasteiger partial charge in [-0.2, -0.15) is 0 Å². The van der Waals surface area contributed by atoms with E-state index in [-0.39, 0.29) is 89.8 Å². The van der Waals surface area contributed by atoms with Crippen LogP contribution >= 0.6 is 0 Å². The van der Waals surface area contributed by atoms with E-state index in [9.17, 15) is 57.5 Å². The van der Waals surface area contributed by atoms with E-state index in [0.29, 0.717) is 65.6 Å². The number of nitrogens with zero attached hydrogens (tertiary/aromatic N) is 5. The Bertz CT molecular complexity index is 3280. The first kappa shape index (κ1) is 70.0. The number of nitrogens with two attached hydrogens (primary N) is 1. The molecule has 6 N–H and O–H groups in total. The van der Waals surface area contributed by atoms with Crippen LogP contribution in [0.3, 0.4) is 0 Å². The van der Waals surface area contributed by atoms with Gasteiger partial charge in [0.05, 0.1) is 64.6 Å². The molecule has 5 aliphatic heterocycles. The van der Waals surface area contributed by atoms with Crippen LogP contribution in [0.2, 0.25) is 0 Å². The summed E-state index contributed by atoms with van der Waals surface area (Å²) in [7, 11) is 0. The minimum absolute atomic E-state index is 0.0554. The maximum absolute atomic E-state index is 14.5. The van der Waals surface area contributed by atoms with E-state index in [1.54, 1.807) is 77.7 Å². The second-order valence-corrected chi connectivity index (χ2v) is 28.3. The van der Waals surface area contributed by atoms with Crippen LogP contribution in [0.5, 0.6) is 0 Å². The van der Waals surface area contributed by atoms with E-state index in [0.717, 1.165) is 41.9 Å². The first-order valence-electron chi connectivity index (χ1n) is 31.5. The zero-order valence-electron chi connectivity index (χ0n) is 54.4. The third kappa shape index (κ3) is 16.0. The summed E-state index contributed by atoms with van der Waals surface area (Å²) in [6.45, 7) is 25.8. The van der Waals surface area contributed by atoms with Crippen molar-refractivity contribution in [2.75, 3.05) is 32.7 Å². The van der Waals surface area contributed by atoms with Gasteiger partial charge < -0.3 is 31.9 Å². The zero-order valence-corrected chi connectivity index (χ0v) is 54.4. The van der Waals surface area contributed by atoms with Crippen molar-refractivity contribution in [3.8, 4) is 0 Å². The molecular formula is C69H90N10O12. The van der Waals surface area contributed by atoms with Gasteiger partial charge in [-0.25, -0.2) is 14.6 Å². The van der Waals surface area contributed by atoms with E-state index < -0.39 is 71.1 Å². The maximum Gasteiger partial charge on any atom is 0.315 e. The number of hydrogen-bond acceptors (Lipinski definition) is 14. The van der Waals surface area contributed by atoms with Crippen molar-refractivity contribution >= 4 is 71.1 Å². The number of isocyanates is 1. The van der Waals surface area contributed by atoms with Gasteiger partial charge in [-0.1, -0.05) is 164 Å². The fraction of sp³-hybridized carbons (Fsp3) is 0.536. The van der Waals surface area contributed by atoms with Gasteiger partial charge in [0.1, 0.15) is 12.1 Å². The molecule has 3 aromatic rings. The lowest BCUT2D eigenvalue weighted by atomic mass is 9.86. The van der Waals surface area contributed by atoms with E-state index in [2.05, 4.69) is 46.7 Å². The number of ketones is 1. The molecule has 3 aromatic carbocycles. The van der Waals surface area contributed by atoms with Crippen molar-refractivity contribution in [2.24, 2.45) is 44.2 Å². The number of urea groups is 1. The number of imide groups is 3. The maximum atomic E-state index is 14.5. The Kier molecular flexibility index (Phi) is 22.1. The van der Waals surface area contributed by atoms with Gasteiger partial charge in [0, 0.05) is 25.7 Å². The van der Waals surface area contributed by atoms with Gasteiger partial charge in [0.25, 0.3) is 41.4 Å². The van der Waals surface area contributed by atoms with Gasteiger partial charge in [-0.3, -0.25) is 62.6 Å². The fourth-order valence-corrected chi connectivity index (χ4v) is 12.3. The van der Waals surface area contributed by atoms with Crippen LogP contribution in [0.25, 0.3) is 0 Å². The molecule has 91 heavy (non-hydrogen) atoms. The Morgan fingerprint density at radius 2 is 1.08 bits per heavy atom. The number of aliphatic imine (C=N–C) groups is 1. The molecule has 9 rings (SSSR count). The number of carbonyl (C=O) groups is 11. The minimum atomic E-state index is -1.03. The van der Waals surface area contributed by atoms with Crippen molar-refractivity contribution in [3.63, 3.8) is 0 Å². The number of amides is 11. The number of benzene rings is 3. The summed E-state index contributed by atoms with van der Waals surface area (Å²) in [6, 6.07) is 15.4. The molecule has 0 radical (unpaired) electrons. The van der Waals surface area contributed by atoms with Crippen LogP contribution < -0.4 is 27.0 Å². The molecule has 0 spiro atoms. The summed E-state index contributed by atoms with van der Waals surface area (Å²) in [5.41, 5.74) is 7.19. The average molecular weight is 1250 g/mol. The summed E-state index contributed by atoms with van der Waals surface area (Å²) >= 11 is 0. The largest absolute Gasteiger partial charge is 0.346 e. The standard InChI is InChI=1S/C40H56N6O7.C15H16N2O3.C14H18N2O2/c1-7-21-41-34(49)32(47)27-19-13-11-9-8-10-12-14-20-28(37(52)45-22-26-30(40(26,5)6)31(45)33(48)42-27)43-38(53)44-29(39(2,3)4)23-46-35(50)24-17-15-16-18-25(24)36(46)51;1-15(2,3)12(16-9-18)8-17-13(19)10-6-4-5-7-11(10)14(17)20;1-14(2,3)11(15)8-16-12(17)9-6-4-5-7-10(9)13(16)18/h7,15-18,26-31H,1,8-14,19-23H2,2-6H3,(H,41,49)(H,42,48)(H2,43,44,53);4-7,12H,8H2,1-3H3;4-7,11H,8,15H2,1-3H3/t26-,27-,28-,29+,30-,31-;12-;11-/m011/s1. The van der Waals surface area contributed by atoms with E-state index >= 15 is 0 Å². The van der Waals surface area contributed by atoms with Crippen LogP contribution in [0.15, 0.2) is 90.4 Å². The summed E-state index contributed by atoms with van der Waals surface area (Å²) < 4.78 is 0. The molecule has 2 saturated heterocycles. The van der Waals surface area contributed by atoms with Crippen LogP contribution in [0.1, 0.15) is 196 Å². The number of nitrogens with one attached hydrogen (secondary N) is 4. The highest BCUT2D eigenvalue weighted by molar-refractivity contribution is 6.38. The molecule has 0 aromatic heterocycles. The highest BCUT2D eigenvalue weighted by Crippen LogP contribution is 2.65. The van der Waals surface area contributed by atoms with Gasteiger partial charge in [0.2, 0.25) is 23.7 Å². The molecule has 1 aliphatic carbocycles. The molecule has 11 amide bonds. The molecule has 22 heteroatoms. The monoisotopic (exact) mass is 1250 g/mol. The number of Topliss-reactive ketones (excluding diaryl/α,β-unsaturated/α-hetero) is 1. The zero-order chi connectivity index (χ0) is 67.1. The van der Waals surface area contributed by atoms with E-state index in [1.807, 2.05) is 62.3 Å². The van der Waals surface area contributed by atoms with Crippen molar-refractivity contribution in [1.29, 1.82) is 0 Å². The second-order valence-electron chi connectivity index (χ2n) is 28.3. The fourth-order valence-electron chi connectivity index (χ4n) is 12.3. The quantitative estimate of drug-likeness (QED) is 0.0366. The van der Waals surface area contributed by atoms with Crippen molar-refractivity contribution < 1.29 is 57.5 Å². The van der Waals surface area contributed by atoms with Gasteiger partial charge >= 0.3 is 6.03 Å². The number of piperidine rings is 1. The predicted octanol–water partition coefficient (Wildman–Crippen LogP) is 7.42. The van der Waals surface area contributed by atoms with Crippen LogP contribution in [-0.4, -0.2) is 160 Å². The highest BCUT2D eigenvalue weighted by atomic mass is 16.2. The van der Waals surface area contributed by atoms with E-state index in [4.69, 9.17) is 5.73 Å². The highest BCUT2D eigenvalue weighted by Gasteiger charge is 2.69. The Morgan fingerprint density at radius 1 is 0.648 bits per heavy atom. The average Bonchev–Trinajstić information content (AvgIpc) is 1.53. The molecule has 0 unspecified atom stereocenters. The van der Waals surface area contributed by atoms with Crippen molar-refractivity contribution in [3.05, 3.63) is 119 Å². The van der Waals surface area contributed by atoms with Gasteiger partial charge in [0.15, 0.2) is 0 Å². The van der Waals surface area contributed by atoms with Crippen molar-refractivity contribution in [2.45, 2.75) is 170 Å². The number of fused-ring (bicyclic) bond motifs is 6. The van der Waals surface area contributed by atoms with Crippen LogP contribution in [0, 0.1) is 33.5 Å². The second kappa shape index (κ2) is 28.8. The Morgan fingerprint density at radius 3 is 1.49 bits per heavy atom. The molecule has 6 aliphatic rings. The Hall–Kier alpha value is -8.49. The lowest BCUT2D eigenvalue weighted by Crippen LogP contribution is -2.60. The topological polar surface area (TPSA) is 304 Å². The number of rotatable bonds is 13. The summed E-state index contributed by atoms with van der Waals surface area (Å²) in [5, 5.41) is 11.2. The Balaban J connectivity index is 0.000000249. The normalized spacial score (nSPS) is 22.4. The minimum Gasteiger partial charge on any atom is -0.346 e. The van der Waals surface area contributed by atoms with Crippen molar-refractivity contribution in [1.82, 2.24) is 40.9 Å². The molecule has 8 atom stereocenters. The molecule has 22 nitrogen and oxygen atoms in total. The first-order valence-corrected chi connectivity index (χ1v) is 31.5. The first-order chi connectivity index (χ1) is 42.8. The number of carbonyl (C=O) groups excluding carboxylic acids is 12. The SMILES string of the molecule is C=CCNC(=O)C(=O)[C@@H]1CCCCCCCCC[C@H](NC(=O)N[C@H](CN2C(=O)c3ccccc3C2=O)C(C)(C)C)C(=O)N2C[C@H]3[C@@H]([C@H]2C(=O)N1)C3(C)C.CC(C)(C)[C@@H](CN1C(=O)c2ccccc2C1=O)N=C=O.CC(C)(C)[C@H](N)CN1C(=O)c2ccccc2C1=O. The number of hydrogen-bond donors (Lipinski definition) is 5. The molecule has 0 bridgehead atoms. The molecule has 1 saturated carbocycles. The summed E-state index contributed by atoms with van der Waals surface area (Å²) in [6.07, 6.45) is 9.54. The van der Waals surface area contributed by atoms with Gasteiger partial charge in [-0.15, -0.1) is 6.58 Å². The smallest absolute Gasteiger partial charge is 0.315 e. The lowest BCUT2D eigenvalue weighted by Gasteiger charge is -2.36. The molecular weight excluding hydrogens is 1160 g/mol. The predicted molar refractivity (Wildman–Crippen MR) is 341 cm³/mol. The van der Waals surface area contributed by atoms with Crippen LogP contribution in [0.4, 0.5) is 4.79 Å². The molecule has 488 valence electrons. The molecule has 3 fully saturated rings. The van der Waals surface area contributed by atoms with Gasteiger partial charge in [-0.05, 0) is 82.7 Å². The van der Waals surface area contributed by atoms with Crippen LogP contribution in [-0.2, 0) is 24.0 Å². The summed E-state index contributed by atoms with van der Waals surface area (Å²) in [4.78, 5) is 163.